The predicted octanol–water partition coefficient (Wildman–Crippen LogP) is 3.95. The Balaban J connectivity index is 3.39. The van der Waals surface area contributed by atoms with E-state index in [-0.39, 0.29) is 0 Å². The van der Waals surface area contributed by atoms with Gasteiger partial charge in [0.1, 0.15) is 0 Å². The molecular formula is C12H12F6O. The van der Waals surface area contributed by atoms with Crippen LogP contribution in [0.4, 0.5) is 26.3 Å². The van der Waals surface area contributed by atoms with Crippen molar-refractivity contribution in [2.24, 2.45) is 0 Å². The fourth-order valence-electron chi connectivity index (χ4n) is 1.73. The first-order valence-electron chi connectivity index (χ1n) is 5.49. The largest absolute Gasteiger partial charge is 0.430 e. The molecule has 19 heavy (non-hydrogen) atoms. The van der Waals surface area contributed by atoms with Crippen molar-refractivity contribution in [2.45, 2.75) is 37.7 Å². The van der Waals surface area contributed by atoms with Gasteiger partial charge in [-0.15, -0.1) is 0 Å². The van der Waals surface area contributed by atoms with Gasteiger partial charge in [0, 0.05) is 5.56 Å². The lowest BCUT2D eigenvalue weighted by Crippen LogP contribution is -2.53. The molecule has 0 saturated heterocycles. The van der Waals surface area contributed by atoms with E-state index in [1.165, 1.54) is 6.07 Å². The summed E-state index contributed by atoms with van der Waals surface area (Å²) >= 11 is 0. The fourth-order valence-corrected chi connectivity index (χ4v) is 1.73. The summed E-state index contributed by atoms with van der Waals surface area (Å²) in [6, 6.07) is 3.85. The average molecular weight is 286 g/mol. The van der Waals surface area contributed by atoms with Crippen molar-refractivity contribution >= 4 is 0 Å². The summed E-state index contributed by atoms with van der Waals surface area (Å²) in [4.78, 5) is 0. The lowest BCUT2D eigenvalue weighted by Gasteiger charge is -2.32. The predicted molar refractivity (Wildman–Crippen MR) is 56.4 cm³/mol. The van der Waals surface area contributed by atoms with E-state index in [1.54, 1.807) is 6.92 Å². The summed E-state index contributed by atoms with van der Waals surface area (Å²) < 4.78 is 75.8. The van der Waals surface area contributed by atoms with E-state index in [4.69, 9.17) is 0 Å². The number of hydrogen-bond acceptors (Lipinski definition) is 1. The SMILES string of the molecule is CCCc1cccc(C(O)(C(F)(F)F)C(F)(F)F)c1. The third kappa shape index (κ3) is 2.86. The first-order valence-corrected chi connectivity index (χ1v) is 5.49. The number of benzene rings is 1. The molecule has 0 aliphatic carbocycles. The molecule has 0 bridgehead atoms. The quantitative estimate of drug-likeness (QED) is 0.834. The minimum Gasteiger partial charge on any atom is -0.369 e. The number of halogens is 6. The van der Waals surface area contributed by atoms with Crippen LogP contribution in [0.3, 0.4) is 0 Å². The number of aryl methyl sites for hydroxylation is 1. The van der Waals surface area contributed by atoms with E-state index in [2.05, 4.69) is 0 Å². The van der Waals surface area contributed by atoms with Crippen molar-refractivity contribution in [3.63, 3.8) is 0 Å². The van der Waals surface area contributed by atoms with Crippen LogP contribution in [0.1, 0.15) is 24.5 Å². The highest BCUT2D eigenvalue weighted by molar-refractivity contribution is 5.31. The third-order valence-electron chi connectivity index (χ3n) is 2.70. The van der Waals surface area contributed by atoms with Gasteiger partial charge in [0.15, 0.2) is 0 Å². The highest BCUT2D eigenvalue weighted by Gasteiger charge is 2.71. The maximum absolute atomic E-state index is 12.6. The monoisotopic (exact) mass is 286 g/mol. The Bertz CT molecular complexity index is 421. The zero-order chi connectivity index (χ0) is 14.9. The number of alkyl halides is 6. The van der Waals surface area contributed by atoms with Crippen molar-refractivity contribution in [1.29, 1.82) is 0 Å². The highest BCUT2D eigenvalue weighted by atomic mass is 19.4. The molecule has 1 nitrogen and oxygen atoms in total. The second kappa shape index (κ2) is 5.03. The fraction of sp³-hybridized carbons (Fsp3) is 0.500. The Labute approximate surface area is 105 Å². The molecule has 0 fully saturated rings. The molecule has 108 valence electrons. The minimum absolute atomic E-state index is 0.312. The molecule has 0 aliphatic heterocycles. The molecule has 0 aliphatic rings. The van der Waals surface area contributed by atoms with Gasteiger partial charge in [0.25, 0.3) is 5.60 Å². The molecule has 0 radical (unpaired) electrons. The van der Waals surface area contributed by atoms with Crippen molar-refractivity contribution in [1.82, 2.24) is 0 Å². The number of aliphatic hydroxyl groups is 1. The van der Waals surface area contributed by atoms with Gasteiger partial charge < -0.3 is 5.11 Å². The maximum atomic E-state index is 12.6. The van der Waals surface area contributed by atoms with E-state index < -0.39 is 23.5 Å². The van der Waals surface area contributed by atoms with Crippen molar-refractivity contribution < 1.29 is 31.4 Å². The average Bonchev–Trinajstić information content (AvgIpc) is 2.25. The molecule has 0 heterocycles. The van der Waals surface area contributed by atoms with Crippen LogP contribution >= 0.6 is 0 Å². The Morgan fingerprint density at radius 2 is 1.53 bits per heavy atom. The van der Waals surface area contributed by atoms with Gasteiger partial charge in [-0.05, 0) is 12.0 Å². The van der Waals surface area contributed by atoms with E-state index in [0.717, 1.165) is 12.1 Å². The minimum atomic E-state index is -5.84. The first kappa shape index (κ1) is 15.8. The van der Waals surface area contributed by atoms with Crippen LogP contribution in [-0.2, 0) is 12.0 Å². The van der Waals surface area contributed by atoms with E-state index in [1.807, 2.05) is 0 Å². The van der Waals surface area contributed by atoms with Gasteiger partial charge in [-0.1, -0.05) is 37.6 Å². The maximum Gasteiger partial charge on any atom is 0.430 e. The van der Waals surface area contributed by atoms with Crippen molar-refractivity contribution in [3.8, 4) is 0 Å². The number of hydrogen-bond donors (Lipinski definition) is 1. The van der Waals surface area contributed by atoms with Crippen LogP contribution in [0.2, 0.25) is 0 Å². The molecule has 0 atom stereocenters. The molecule has 1 rings (SSSR count). The lowest BCUT2D eigenvalue weighted by atomic mass is 9.90. The highest BCUT2D eigenvalue weighted by Crippen LogP contribution is 2.50. The molecule has 0 aromatic heterocycles. The van der Waals surface area contributed by atoms with Gasteiger partial charge in [-0.2, -0.15) is 26.3 Å². The molecule has 1 aromatic rings. The molecule has 1 aromatic carbocycles. The van der Waals surface area contributed by atoms with E-state index >= 15 is 0 Å². The summed E-state index contributed by atoms with van der Waals surface area (Å²) in [6.45, 7) is 1.74. The Hall–Kier alpha value is -1.24. The van der Waals surface area contributed by atoms with Gasteiger partial charge >= 0.3 is 12.4 Å². The smallest absolute Gasteiger partial charge is 0.369 e. The topological polar surface area (TPSA) is 20.2 Å². The first-order chi connectivity index (χ1) is 8.54. The summed E-state index contributed by atoms with van der Waals surface area (Å²) in [5, 5.41) is 9.20. The summed E-state index contributed by atoms with van der Waals surface area (Å²) in [7, 11) is 0. The molecule has 0 spiro atoms. The standard InChI is InChI=1S/C12H12F6O/c1-2-4-8-5-3-6-9(7-8)10(19,11(13,14)15)12(16,17)18/h3,5-7,19H,2,4H2,1H3. The molecule has 0 unspecified atom stereocenters. The van der Waals surface area contributed by atoms with Crippen LogP contribution in [0.5, 0.6) is 0 Å². The van der Waals surface area contributed by atoms with Crippen molar-refractivity contribution in [2.75, 3.05) is 0 Å². The van der Waals surface area contributed by atoms with Gasteiger partial charge in [-0.3, -0.25) is 0 Å². The number of rotatable bonds is 3. The van der Waals surface area contributed by atoms with Crippen LogP contribution in [-0.4, -0.2) is 17.5 Å². The van der Waals surface area contributed by atoms with E-state index in [0.29, 0.717) is 24.5 Å². The van der Waals surface area contributed by atoms with Crippen LogP contribution in [0.15, 0.2) is 24.3 Å². The zero-order valence-corrected chi connectivity index (χ0v) is 9.94. The zero-order valence-electron chi connectivity index (χ0n) is 9.94. The van der Waals surface area contributed by atoms with Crippen LogP contribution in [0, 0.1) is 0 Å². The van der Waals surface area contributed by atoms with Gasteiger partial charge in [0.2, 0.25) is 0 Å². The molecule has 0 amide bonds. The molecule has 1 N–H and O–H groups in total. The second-order valence-electron chi connectivity index (χ2n) is 4.16. The van der Waals surface area contributed by atoms with Gasteiger partial charge in [-0.25, -0.2) is 0 Å². The Morgan fingerprint density at radius 1 is 1.00 bits per heavy atom. The summed E-state index contributed by atoms with van der Waals surface area (Å²) in [5.74, 6) is 0. The lowest BCUT2D eigenvalue weighted by molar-refractivity contribution is -0.376. The van der Waals surface area contributed by atoms with Crippen molar-refractivity contribution in [3.05, 3.63) is 35.4 Å². The second-order valence-corrected chi connectivity index (χ2v) is 4.16. The molecular weight excluding hydrogens is 274 g/mol. The Kier molecular flexibility index (Phi) is 4.19. The van der Waals surface area contributed by atoms with Gasteiger partial charge in [0.05, 0.1) is 0 Å². The Morgan fingerprint density at radius 3 is 1.95 bits per heavy atom. The van der Waals surface area contributed by atoms with Crippen LogP contribution < -0.4 is 0 Å². The normalized spacial score (nSPS) is 13.7. The summed E-state index contributed by atoms with van der Waals surface area (Å²) in [5.41, 5.74) is -5.74. The molecule has 0 saturated carbocycles. The molecule has 7 heteroatoms. The van der Waals surface area contributed by atoms with E-state index in [9.17, 15) is 31.4 Å². The van der Waals surface area contributed by atoms with Crippen LogP contribution in [0.25, 0.3) is 0 Å². The summed E-state index contributed by atoms with van der Waals surface area (Å²) in [6.07, 6.45) is -10.8. The third-order valence-corrected chi connectivity index (χ3v) is 2.70.